The van der Waals surface area contributed by atoms with Crippen LogP contribution in [0.3, 0.4) is 0 Å². The van der Waals surface area contributed by atoms with Crippen LogP contribution in [0.15, 0.2) is 121 Å². The van der Waals surface area contributed by atoms with E-state index >= 15 is 0 Å². The van der Waals surface area contributed by atoms with Gasteiger partial charge in [0.1, 0.15) is 2.97 Å². The Kier molecular flexibility index (Phi) is 9.52. The molecule has 0 saturated carbocycles. The van der Waals surface area contributed by atoms with Gasteiger partial charge in [-0.25, -0.2) is 0 Å². The summed E-state index contributed by atoms with van der Waals surface area (Å²) in [5.41, 5.74) is 0. The second-order valence-electron chi connectivity index (χ2n) is 6.93. The molecule has 160 valence electrons. The van der Waals surface area contributed by atoms with Crippen LogP contribution >= 0.6 is 47.7 Å². The average molecular weight is 615 g/mol. The fourth-order valence-corrected chi connectivity index (χ4v) is 12.5. The molecule has 31 heavy (non-hydrogen) atoms. The number of hydrogen-bond acceptors (Lipinski definition) is 0. The largest absolute Gasteiger partial charge is 0.112 e. The molecule has 4 aromatic rings. The fourth-order valence-electron chi connectivity index (χ4n) is 3.49. The maximum Gasteiger partial charge on any atom is 0.112 e. The van der Waals surface area contributed by atoms with Crippen LogP contribution in [0.2, 0.25) is 0 Å². The van der Waals surface area contributed by atoms with E-state index in [1.54, 1.807) is 0 Å². The van der Waals surface area contributed by atoms with Gasteiger partial charge in [-0.2, -0.15) is 0 Å². The summed E-state index contributed by atoms with van der Waals surface area (Å²) in [5.74, 6) is 0. The van der Waals surface area contributed by atoms with Crippen molar-refractivity contribution in [2.24, 2.45) is 0 Å². The van der Waals surface area contributed by atoms with Crippen molar-refractivity contribution in [2.45, 2.75) is 2.97 Å². The van der Waals surface area contributed by atoms with Gasteiger partial charge in [-0.1, -0.05) is 153 Å². The Balaban J connectivity index is 0.00000272. The number of benzene rings is 4. The summed E-state index contributed by atoms with van der Waals surface area (Å²) in [5, 5.41) is 5.53. The smallest absolute Gasteiger partial charge is 0.0665 e. The van der Waals surface area contributed by atoms with Gasteiger partial charge in [0.15, 0.2) is 0 Å². The van der Waals surface area contributed by atoms with E-state index in [0.717, 1.165) is 6.16 Å². The molecule has 0 N–H and O–H groups in total. The van der Waals surface area contributed by atoms with E-state index in [1.807, 2.05) is 0 Å². The van der Waals surface area contributed by atoms with Crippen LogP contribution in [0.1, 0.15) is 0 Å². The molecule has 0 radical (unpaired) electrons. The van der Waals surface area contributed by atoms with Gasteiger partial charge >= 0.3 is 0 Å². The van der Waals surface area contributed by atoms with Crippen molar-refractivity contribution in [3.8, 4) is 0 Å². The van der Waals surface area contributed by atoms with Crippen LogP contribution in [0, 0.1) is 0 Å². The average Bonchev–Trinajstić information content (AvgIpc) is 2.80. The Hall–Kier alpha value is -0.806. The summed E-state index contributed by atoms with van der Waals surface area (Å²) in [6, 6.07) is 43.6. The van der Waals surface area contributed by atoms with Crippen LogP contribution in [0.4, 0.5) is 0 Å². The van der Waals surface area contributed by atoms with E-state index in [2.05, 4.69) is 153 Å². The molecule has 4 aromatic carbocycles. The van der Waals surface area contributed by atoms with Crippen LogP contribution in [0.25, 0.3) is 0 Å². The molecule has 0 amide bonds. The molecule has 0 aromatic heterocycles. The Labute approximate surface area is 214 Å². The third-order valence-electron chi connectivity index (χ3n) is 4.84. The second kappa shape index (κ2) is 11.9. The molecule has 5 heteroatoms. The van der Waals surface area contributed by atoms with Crippen LogP contribution in [0.5, 0.6) is 0 Å². The third kappa shape index (κ3) is 6.37. The molecule has 0 spiro atoms. The zero-order chi connectivity index (χ0) is 20.8. The van der Waals surface area contributed by atoms with Gasteiger partial charge in [-0.05, 0) is 37.1 Å². The number of rotatable bonds is 7. The molecule has 4 rings (SSSR count). The van der Waals surface area contributed by atoms with Gasteiger partial charge in [0.25, 0.3) is 0 Å². The van der Waals surface area contributed by atoms with Crippen molar-refractivity contribution in [1.82, 2.24) is 0 Å². The molecule has 0 fully saturated rings. The van der Waals surface area contributed by atoms with E-state index in [4.69, 9.17) is 0 Å². The molecule has 0 aliphatic heterocycles. The topological polar surface area (TPSA) is 0 Å². The number of hydrogen-bond donors (Lipinski definition) is 0. The van der Waals surface area contributed by atoms with Crippen molar-refractivity contribution in [3.63, 3.8) is 0 Å². The second-order valence-corrected chi connectivity index (χ2v) is 16.6. The van der Waals surface area contributed by atoms with Crippen molar-refractivity contribution in [1.29, 1.82) is 0 Å². The van der Waals surface area contributed by atoms with Gasteiger partial charge in [0, 0.05) is 22.7 Å². The van der Waals surface area contributed by atoms with Crippen LogP contribution in [-0.4, -0.2) is 9.14 Å². The Bertz CT molecular complexity index is 967. The molecular formula is C26H22Br2NiP2. The van der Waals surface area contributed by atoms with Gasteiger partial charge in [0.2, 0.25) is 0 Å². The molecule has 0 bridgehead atoms. The molecule has 0 aliphatic carbocycles. The Morgan fingerprint density at radius 1 is 0.484 bits per heavy atom. The van der Waals surface area contributed by atoms with Crippen molar-refractivity contribution in [3.05, 3.63) is 121 Å². The minimum Gasteiger partial charge on any atom is -0.0665 e. The predicted molar refractivity (Wildman–Crippen MR) is 144 cm³/mol. The van der Waals surface area contributed by atoms with Crippen LogP contribution in [-0.2, 0) is 16.5 Å². The SMILES string of the molecule is BrC(Br)(CP(c1ccccc1)c1ccccc1)P(c1ccccc1)c1ccccc1.[Ni]. The summed E-state index contributed by atoms with van der Waals surface area (Å²) in [6.07, 6.45) is 0.992. The number of halogens is 2. The maximum atomic E-state index is 4.18. The monoisotopic (exact) mass is 612 g/mol. The van der Waals surface area contributed by atoms with Gasteiger partial charge in [-0.15, -0.1) is 0 Å². The molecule has 0 unspecified atom stereocenters. The van der Waals surface area contributed by atoms with E-state index in [9.17, 15) is 0 Å². The third-order valence-corrected chi connectivity index (χ3v) is 13.7. The summed E-state index contributed by atoms with van der Waals surface area (Å²) in [4.78, 5) is 0. The van der Waals surface area contributed by atoms with E-state index in [-0.39, 0.29) is 19.5 Å². The summed E-state index contributed by atoms with van der Waals surface area (Å²) in [6.45, 7) is 0. The molecule has 0 aliphatic rings. The van der Waals surface area contributed by atoms with E-state index in [1.165, 1.54) is 21.2 Å². The molecule has 0 saturated heterocycles. The van der Waals surface area contributed by atoms with Crippen molar-refractivity contribution < 1.29 is 16.5 Å². The quantitative estimate of drug-likeness (QED) is 0.124. The van der Waals surface area contributed by atoms with Crippen molar-refractivity contribution >= 4 is 68.9 Å². The first-order valence-electron chi connectivity index (χ1n) is 9.81. The normalized spacial score (nSPS) is 11.4. The standard InChI is InChI=1S/C26H22Br2P2.Ni/c27-26(28,30(24-17-9-3-10-18-24)25-19-11-4-12-20-25)21-29(22-13-5-1-6-14-22)23-15-7-2-8-16-23;/h1-20H,21H2;. The molecular weight excluding hydrogens is 593 g/mol. The first-order chi connectivity index (χ1) is 14.6. The first kappa shape index (κ1) is 24.8. The Morgan fingerprint density at radius 2 is 0.774 bits per heavy atom. The molecule has 0 heterocycles. The zero-order valence-corrected chi connectivity index (χ0v) is 22.7. The minimum atomic E-state index is -0.658. The van der Waals surface area contributed by atoms with Gasteiger partial charge < -0.3 is 0 Å². The van der Waals surface area contributed by atoms with Gasteiger partial charge in [-0.3, -0.25) is 0 Å². The van der Waals surface area contributed by atoms with Gasteiger partial charge in [0.05, 0.1) is 0 Å². The summed E-state index contributed by atoms with van der Waals surface area (Å²) < 4.78 is -0.227. The maximum absolute atomic E-state index is 4.18. The number of alkyl halides is 2. The molecule has 0 nitrogen and oxygen atoms in total. The van der Waals surface area contributed by atoms with E-state index < -0.39 is 15.8 Å². The Morgan fingerprint density at radius 3 is 1.10 bits per heavy atom. The minimum absolute atomic E-state index is 0. The summed E-state index contributed by atoms with van der Waals surface area (Å²) >= 11 is 8.36. The van der Waals surface area contributed by atoms with Crippen molar-refractivity contribution in [2.75, 3.05) is 6.16 Å². The fraction of sp³-hybridized carbons (Fsp3) is 0.0769. The van der Waals surface area contributed by atoms with Crippen LogP contribution < -0.4 is 21.2 Å². The van der Waals surface area contributed by atoms with E-state index in [0.29, 0.717) is 0 Å². The predicted octanol–water partition coefficient (Wildman–Crippen LogP) is 6.69. The first-order valence-corrected chi connectivity index (χ1v) is 14.3. The molecule has 0 atom stereocenters. The summed E-state index contributed by atoms with van der Waals surface area (Å²) in [7, 11) is -1.19. The zero-order valence-electron chi connectivity index (χ0n) is 16.7.